The molecule has 5 nitrogen and oxygen atoms in total. The molecule has 1 aliphatic carbocycles. The van der Waals surface area contributed by atoms with Crippen molar-refractivity contribution in [2.75, 3.05) is 26.4 Å². The minimum atomic E-state index is -0.923. The maximum absolute atomic E-state index is 14.7. The maximum atomic E-state index is 14.7. The first-order chi connectivity index (χ1) is 16.2. The number of unbranched alkanes of at least 4 members (excludes halogenated alkanes) is 2. The van der Waals surface area contributed by atoms with Gasteiger partial charge in [-0.15, -0.1) is 0 Å². The molecule has 0 amide bonds. The zero-order valence-electron chi connectivity index (χ0n) is 21.3. The Labute approximate surface area is 203 Å². The van der Waals surface area contributed by atoms with Crippen LogP contribution in [0, 0.1) is 17.6 Å². The van der Waals surface area contributed by atoms with Crippen LogP contribution in [0.15, 0.2) is 12.1 Å². The molecule has 1 aliphatic rings. The molecule has 0 saturated heterocycles. The lowest BCUT2D eigenvalue weighted by Gasteiger charge is -2.29. The minimum Gasteiger partial charge on any atom is -0.488 e. The molecule has 34 heavy (non-hydrogen) atoms. The molecule has 0 spiro atoms. The van der Waals surface area contributed by atoms with Crippen molar-refractivity contribution < 1.29 is 32.5 Å². The van der Waals surface area contributed by atoms with Crippen LogP contribution in [-0.2, 0) is 14.2 Å². The second-order valence-corrected chi connectivity index (χ2v) is 10.1. The van der Waals surface area contributed by atoms with E-state index in [9.17, 15) is 13.6 Å². The molecule has 7 heteroatoms. The van der Waals surface area contributed by atoms with Gasteiger partial charge in [-0.25, -0.2) is 9.18 Å². The van der Waals surface area contributed by atoms with E-state index < -0.39 is 23.4 Å². The van der Waals surface area contributed by atoms with E-state index in [-0.39, 0.29) is 31.5 Å². The number of ether oxygens (including phenoxy) is 4. The van der Waals surface area contributed by atoms with Gasteiger partial charge in [-0.1, -0.05) is 38.7 Å². The molecule has 2 rings (SSSR count). The van der Waals surface area contributed by atoms with E-state index in [1.807, 2.05) is 0 Å². The van der Waals surface area contributed by atoms with Gasteiger partial charge in [-0.2, -0.15) is 4.39 Å². The Hall–Kier alpha value is -1.89. The number of hydrogen-bond donors (Lipinski definition) is 0. The predicted molar refractivity (Wildman–Crippen MR) is 128 cm³/mol. The normalized spacial score (nSPS) is 18.5. The van der Waals surface area contributed by atoms with E-state index in [1.165, 1.54) is 31.7 Å². The summed E-state index contributed by atoms with van der Waals surface area (Å²) in [6.45, 7) is 8.35. The Bertz CT molecular complexity index is 739. The molecular weight excluding hydrogens is 442 g/mol. The van der Waals surface area contributed by atoms with Crippen LogP contribution >= 0.6 is 0 Å². The summed E-state index contributed by atoms with van der Waals surface area (Å²) < 4.78 is 50.1. The van der Waals surface area contributed by atoms with Gasteiger partial charge >= 0.3 is 6.16 Å². The standard InChI is InChI=1S/C27H42F2O5/c1-5-6-7-9-20-10-12-21(13-11-20)22-14-15-23(25(29)24(22)28)32-19-18-31-16-8-17-33-26(30)34-27(2,3)4/h14-15,20-21H,5-13,16-19H2,1-4H3. The van der Waals surface area contributed by atoms with Gasteiger partial charge in [-0.3, -0.25) is 0 Å². The van der Waals surface area contributed by atoms with E-state index in [0.29, 0.717) is 18.6 Å². The van der Waals surface area contributed by atoms with Crippen molar-refractivity contribution >= 4 is 6.16 Å². The molecule has 0 bridgehead atoms. The third-order valence-corrected chi connectivity index (χ3v) is 6.11. The van der Waals surface area contributed by atoms with Crippen molar-refractivity contribution in [3.8, 4) is 5.75 Å². The molecule has 1 aromatic carbocycles. The van der Waals surface area contributed by atoms with Gasteiger partial charge in [0.2, 0.25) is 5.82 Å². The first kappa shape index (κ1) is 28.3. The Morgan fingerprint density at radius 3 is 2.35 bits per heavy atom. The van der Waals surface area contributed by atoms with E-state index in [4.69, 9.17) is 18.9 Å². The summed E-state index contributed by atoms with van der Waals surface area (Å²) in [6, 6.07) is 3.19. The first-order valence-corrected chi connectivity index (χ1v) is 12.8. The largest absolute Gasteiger partial charge is 0.508 e. The molecule has 1 fully saturated rings. The fraction of sp³-hybridized carbons (Fsp3) is 0.741. The first-order valence-electron chi connectivity index (χ1n) is 12.8. The van der Waals surface area contributed by atoms with E-state index >= 15 is 0 Å². The van der Waals surface area contributed by atoms with Crippen molar-refractivity contribution in [3.05, 3.63) is 29.3 Å². The lowest BCUT2D eigenvalue weighted by atomic mass is 9.77. The van der Waals surface area contributed by atoms with Crippen molar-refractivity contribution in [2.24, 2.45) is 5.92 Å². The highest BCUT2D eigenvalue weighted by Crippen LogP contribution is 2.40. The minimum absolute atomic E-state index is 0.0807. The smallest absolute Gasteiger partial charge is 0.488 e. The van der Waals surface area contributed by atoms with Crippen molar-refractivity contribution in [1.29, 1.82) is 0 Å². The van der Waals surface area contributed by atoms with Crippen LogP contribution in [0.2, 0.25) is 0 Å². The molecule has 0 unspecified atom stereocenters. The number of benzene rings is 1. The topological polar surface area (TPSA) is 54.0 Å². The average molecular weight is 485 g/mol. The predicted octanol–water partition coefficient (Wildman–Crippen LogP) is 7.56. The Morgan fingerprint density at radius 1 is 0.941 bits per heavy atom. The maximum Gasteiger partial charge on any atom is 0.508 e. The van der Waals surface area contributed by atoms with Crippen LogP contribution in [0.5, 0.6) is 5.75 Å². The average Bonchev–Trinajstić information content (AvgIpc) is 2.78. The number of rotatable bonds is 13. The fourth-order valence-electron chi connectivity index (χ4n) is 4.33. The monoisotopic (exact) mass is 484 g/mol. The number of hydrogen-bond acceptors (Lipinski definition) is 5. The zero-order chi connectivity index (χ0) is 25.0. The van der Waals surface area contributed by atoms with Gasteiger partial charge in [0, 0.05) is 13.0 Å². The van der Waals surface area contributed by atoms with Crippen LogP contribution in [0.25, 0.3) is 0 Å². The van der Waals surface area contributed by atoms with Crippen LogP contribution in [0.3, 0.4) is 0 Å². The van der Waals surface area contributed by atoms with Crippen molar-refractivity contribution in [3.63, 3.8) is 0 Å². The Kier molecular flexibility index (Phi) is 12.1. The molecule has 1 aromatic rings. The second-order valence-electron chi connectivity index (χ2n) is 10.1. The van der Waals surface area contributed by atoms with Gasteiger partial charge in [0.1, 0.15) is 12.2 Å². The van der Waals surface area contributed by atoms with E-state index in [0.717, 1.165) is 31.6 Å². The number of halogens is 2. The van der Waals surface area contributed by atoms with Crippen molar-refractivity contribution in [1.82, 2.24) is 0 Å². The molecule has 0 N–H and O–H groups in total. The highest BCUT2D eigenvalue weighted by molar-refractivity contribution is 5.60. The zero-order valence-corrected chi connectivity index (χ0v) is 21.3. The lowest BCUT2D eigenvalue weighted by Crippen LogP contribution is -2.24. The number of carbonyl (C=O) groups is 1. The highest BCUT2D eigenvalue weighted by atomic mass is 19.2. The van der Waals surface area contributed by atoms with Crippen LogP contribution < -0.4 is 4.74 Å². The fourth-order valence-corrected chi connectivity index (χ4v) is 4.33. The quantitative estimate of drug-likeness (QED) is 0.214. The summed E-state index contributed by atoms with van der Waals surface area (Å²) in [5.41, 5.74) is -0.122. The van der Waals surface area contributed by atoms with Crippen LogP contribution in [0.1, 0.15) is 97.0 Å². The summed E-state index contributed by atoms with van der Waals surface area (Å²) in [4.78, 5) is 11.4. The van der Waals surface area contributed by atoms with Crippen LogP contribution in [0.4, 0.5) is 13.6 Å². The molecule has 1 saturated carbocycles. The molecule has 0 aromatic heterocycles. The van der Waals surface area contributed by atoms with Crippen LogP contribution in [-0.4, -0.2) is 38.2 Å². The van der Waals surface area contributed by atoms with E-state index in [2.05, 4.69) is 6.92 Å². The molecule has 194 valence electrons. The lowest BCUT2D eigenvalue weighted by molar-refractivity contribution is -0.0110. The highest BCUT2D eigenvalue weighted by Gasteiger charge is 2.26. The SMILES string of the molecule is CCCCCC1CCC(c2ccc(OCCOCCCOC(=O)OC(C)(C)C)c(F)c2F)CC1. The van der Waals surface area contributed by atoms with Crippen molar-refractivity contribution in [2.45, 2.75) is 97.0 Å². The van der Waals surface area contributed by atoms with Gasteiger partial charge in [0.25, 0.3) is 0 Å². The van der Waals surface area contributed by atoms with Gasteiger partial charge in [-0.05, 0) is 69.9 Å². The molecule has 0 atom stereocenters. The van der Waals surface area contributed by atoms with E-state index in [1.54, 1.807) is 26.8 Å². The van der Waals surface area contributed by atoms with Gasteiger partial charge in [0.15, 0.2) is 11.6 Å². The summed E-state index contributed by atoms with van der Waals surface area (Å²) in [6.07, 6.45) is 8.82. The molecule has 0 heterocycles. The molecule has 0 aliphatic heterocycles. The second kappa shape index (κ2) is 14.5. The third-order valence-electron chi connectivity index (χ3n) is 6.11. The summed E-state index contributed by atoms with van der Waals surface area (Å²) in [5, 5.41) is 0. The Balaban J connectivity index is 1.65. The molecule has 0 radical (unpaired) electrons. The van der Waals surface area contributed by atoms with Gasteiger partial charge < -0.3 is 18.9 Å². The summed E-state index contributed by atoms with van der Waals surface area (Å²) >= 11 is 0. The third kappa shape index (κ3) is 10.2. The van der Waals surface area contributed by atoms with Gasteiger partial charge in [0.05, 0.1) is 13.2 Å². The molecular formula is C27H42F2O5. The summed E-state index contributed by atoms with van der Waals surface area (Å²) in [5.74, 6) is -0.994. The Morgan fingerprint density at radius 2 is 1.68 bits per heavy atom. The number of carbonyl (C=O) groups excluding carboxylic acids is 1. The summed E-state index contributed by atoms with van der Waals surface area (Å²) in [7, 11) is 0.